The first-order valence-electron chi connectivity index (χ1n) is 5.38. The Labute approximate surface area is 90.9 Å². The summed E-state index contributed by atoms with van der Waals surface area (Å²) < 4.78 is 5.39. The molecule has 0 saturated heterocycles. The van der Waals surface area contributed by atoms with Crippen molar-refractivity contribution in [2.45, 2.75) is 25.9 Å². The van der Waals surface area contributed by atoms with E-state index in [1.807, 2.05) is 24.3 Å². The van der Waals surface area contributed by atoms with E-state index in [1.54, 1.807) is 0 Å². The van der Waals surface area contributed by atoms with Gasteiger partial charge in [-0.15, -0.1) is 0 Å². The Morgan fingerprint density at radius 1 is 1.47 bits per heavy atom. The molecule has 84 valence electrons. The minimum absolute atomic E-state index is 0.392. The van der Waals surface area contributed by atoms with Gasteiger partial charge in [-0.1, -0.05) is 25.5 Å². The minimum atomic E-state index is -0.392. The number of aliphatic hydroxyl groups is 1. The van der Waals surface area contributed by atoms with Crippen molar-refractivity contribution in [3.05, 3.63) is 29.8 Å². The number of aliphatic hydroxyl groups excluding tert-OH is 1. The van der Waals surface area contributed by atoms with E-state index in [4.69, 9.17) is 10.5 Å². The summed E-state index contributed by atoms with van der Waals surface area (Å²) in [6, 6.07) is 7.55. The second-order valence-corrected chi connectivity index (χ2v) is 3.51. The SMILES string of the molecule is CCCC(O)c1cccc(OCCN)c1. The Morgan fingerprint density at radius 2 is 2.27 bits per heavy atom. The lowest BCUT2D eigenvalue weighted by atomic mass is 10.1. The van der Waals surface area contributed by atoms with Crippen LogP contribution in [0.4, 0.5) is 0 Å². The molecule has 15 heavy (non-hydrogen) atoms. The Bertz CT molecular complexity index is 289. The van der Waals surface area contributed by atoms with Crippen LogP contribution >= 0.6 is 0 Å². The third-order valence-electron chi connectivity index (χ3n) is 2.19. The largest absolute Gasteiger partial charge is 0.492 e. The predicted molar refractivity (Wildman–Crippen MR) is 60.9 cm³/mol. The number of rotatable bonds is 6. The maximum absolute atomic E-state index is 9.79. The van der Waals surface area contributed by atoms with Crippen molar-refractivity contribution in [1.29, 1.82) is 0 Å². The van der Waals surface area contributed by atoms with E-state index in [2.05, 4.69) is 6.92 Å². The van der Waals surface area contributed by atoms with E-state index in [0.29, 0.717) is 13.2 Å². The van der Waals surface area contributed by atoms with E-state index in [9.17, 15) is 5.11 Å². The van der Waals surface area contributed by atoms with Gasteiger partial charge in [0.15, 0.2) is 0 Å². The van der Waals surface area contributed by atoms with Crippen molar-refractivity contribution in [2.24, 2.45) is 5.73 Å². The summed E-state index contributed by atoms with van der Waals surface area (Å²) in [6.45, 7) is 3.06. The highest BCUT2D eigenvalue weighted by Crippen LogP contribution is 2.22. The quantitative estimate of drug-likeness (QED) is 0.752. The lowest BCUT2D eigenvalue weighted by Crippen LogP contribution is -2.10. The molecule has 0 fully saturated rings. The second kappa shape index (κ2) is 6.43. The molecule has 0 aromatic heterocycles. The van der Waals surface area contributed by atoms with Gasteiger partial charge >= 0.3 is 0 Å². The van der Waals surface area contributed by atoms with Gasteiger partial charge in [-0.25, -0.2) is 0 Å². The molecule has 3 heteroatoms. The zero-order chi connectivity index (χ0) is 11.1. The number of hydrogen-bond donors (Lipinski definition) is 2. The third-order valence-corrected chi connectivity index (χ3v) is 2.19. The molecule has 0 amide bonds. The third kappa shape index (κ3) is 3.90. The first-order chi connectivity index (χ1) is 7.27. The fourth-order valence-corrected chi connectivity index (χ4v) is 1.43. The fraction of sp³-hybridized carbons (Fsp3) is 0.500. The summed E-state index contributed by atoms with van der Waals surface area (Å²) in [6.07, 6.45) is 1.35. The minimum Gasteiger partial charge on any atom is -0.492 e. The highest BCUT2D eigenvalue weighted by Gasteiger charge is 2.06. The topological polar surface area (TPSA) is 55.5 Å². The standard InChI is InChI=1S/C12H19NO2/c1-2-4-12(14)10-5-3-6-11(9-10)15-8-7-13/h3,5-6,9,12,14H,2,4,7-8,13H2,1H3. The van der Waals surface area contributed by atoms with Crippen LogP contribution in [-0.2, 0) is 0 Å². The molecule has 0 aliphatic heterocycles. The summed E-state index contributed by atoms with van der Waals surface area (Å²) in [5.74, 6) is 0.771. The number of nitrogens with two attached hydrogens (primary N) is 1. The molecule has 0 heterocycles. The molecule has 1 aromatic carbocycles. The lowest BCUT2D eigenvalue weighted by Gasteiger charge is -2.11. The molecule has 0 spiro atoms. The maximum Gasteiger partial charge on any atom is 0.119 e. The van der Waals surface area contributed by atoms with Crippen molar-refractivity contribution < 1.29 is 9.84 Å². The van der Waals surface area contributed by atoms with Crippen LogP contribution < -0.4 is 10.5 Å². The number of ether oxygens (including phenoxy) is 1. The molecule has 0 radical (unpaired) electrons. The highest BCUT2D eigenvalue weighted by molar-refractivity contribution is 5.29. The van der Waals surface area contributed by atoms with E-state index in [-0.39, 0.29) is 0 Å². The molecule has 0 aliphatic rings. The fourth-order valence-electron chi connectivity index (χ4n) is 1.43. The molecule has 1 unspecified atom stereocenters. The summed E-state index contributed by atoms with van der Waals surface area (Å²) >= 11 is 0. The van der Waals surface area contributed by atoms with Crippen LogP contribution in [0, 0.1) is 0 Å². The maximum atomic E-state index is 9.79. The zero-order valence-corrected chi connectivity index (χ0v) is 9.15. The normalized spacial score (nSPS) is 12.5. The number of benzene rings is 1. The summed E-state index contributed by atoms with van der Waals surface area (Å²) in [5, 5.41) is 9.79. The van der Waals surface area contributed by atoms with Crippen LogP contribution in [0.1, 0.15) is 31.4 Å². The van der Waals surface area contributed by atoms with Crippen molar-refractivity contribution in [2.75, 3.05) is 13.2 Å². The van der Waals surface area contributed by atoms with E-state index in [1.165, 1.54) is 0 Å². The van der Waals surface area contributed by atoms with Gasteiger partial charge < -0.3 is 15.6 Å². The molecule has 3 nitrogen and oxygen atoms in total. The van der Waals surface area contributed by atoms with Crippen LogP contribution in [0.2, 0.25) is 0 Å². The molecule has 1 atom stereocenters. The summed E-state index contributed by atoms with van der Waals surface area (Å²) in [7, 11) is 0. The summed E-state index contributed by atoms with van der Waals surface area (Å²) in [4.78, 5) is 0. The van der Waals surface area contributed by atoms with Gasteiger partial charge in [0.2, 0.25) is 0 Å². The first-order valence-corrected chi connectivity index (χ1v) is 5.38. The Hall–Kier alpha value is -1.06. The smallest absolute Gasteiger partial charge is 0.119 e. The Kier molecular flexibility index (Phi) is 5.15. The lowest BCUT2D eigenvalue weighted by molar-refractivity contribution is 0.166. The van der Waals surface area contributed by atoms with Crippen LogP contribution in [0.5, 0.6) is 5.75 Å². The number of hydrogen-bond acceptors (Lipinski definition) is 3. The summed E-state index contributed by atoms with van der Waals surface area (Å²) in [5.41, 5.74) is 6.26. The van der Waals surface area contributed by atoms with Crippen molar-refractivity contribution in [3.8, 4) is 5.75 Å². The van der Waals surface area contributed by atoms with Crippen LogP contribution in [0.3, 0.4) is 0 Å². The van der Waals surface area contributed by atoms with Gasteiger partial charge in [0.1, 0.15) is 12.4 Å². The molecule has 0 aliphatic carbocycles. The van der Waals surface area contributed by atoms with Crippen molar-refractivity contribution >= 4 is 0 Å². The molecule has 3 N–H and O–H groups in total. The molecule has 0 saturated carbocycles. The van der Waals surface area contributed by atoms with Gasteiger partial charge in [0, 0.05) is 6.54 Å². The Morgan fingerprint density at radius 3 is 2.93 bits per heavy atom. The average Bonchev–Trinajstić information content (AvgIpc) is 2.27. The van der Waals surface area contributed by atoms with Gasteiger partial charge in [-0.2, -0.15) is 0 Å². The van der Waals surface area contributed by atoms with Crippen LogP contribution in [0.25, 0.3) is 0 Å². The van der Waals surface area contributed by atoms with Gasteiger partial charge in [0.25, 0.3) is 0 Å². The van der Waals surface area contributed by atoms with E-state index < -0.39 is 6.10 Å². The van der Waals surface area contributed by atoms with Gasteiger partial charge in [-0.3, -0.25) is 0 Å². The van der Waals surface area contributed by atoms with Crippen LogP contribution in [-0.4, -0.2) is 18.3 Å². The molecular formula is C12H19NO2. The van der Waals surface area contributed by atoms with Gasteiger partial charge in [0.05, 0.1) is 6.10 Å². The average molecular weight is 209 g/mol. The molecule has 1 rings (SSSR count). The first kappa shape index (κ1) is 12.0. The highest BCUT2D eigenvalue weighted by atomic mass is 16.5. The molecule has 1 aromatic rings. The molecule has 0 bridgehead atoms. The van der Waals surface area contributed by atoms with Crippen molar-refractivity contribution in [3.63, 3.8) is 0 Å². The van der Waals surface area contributed by atoms with Crippen LogP contribution in [0.15, 0.2) is 24.3 Å². The predicted octanol–water partition coefficient (Wildman–Crippen LogP) is 1.86. The second-order valence-electron chi connectivity index (χ2n) is 3.51. The Balaban J connectivity index is 2.64. The van der Waals surface area contributed by atoms with Crippen molar-refractivity contribution in [1.82, 2.24) is 0 Å². The zero-order valence-electron chi connectivity index (χ0n) is 9.15. The monoisotopic (exact) mass is 209 g/mol. The molecular weight excluding hydrogens is 190 g/mol. The van der Waals surface area contributed by atoms with E-state index >= 15 is 0 Å². The van der Waals surface area contributed by atoms with Gasteiger partial charge in [-0.05, 0) is 24.1 Å². The van der Waals surface area contributed by atoms with E-state index in [0.717, 1.165) is 24.2 Å².